The maximum absolute atomic E-state index is 13.5. The zero-order valence-electron chi connectivity index (χ0n) is 12.3. The molecule has 0 bridgehead atoms. The highest BCUT2D eigenvalue weighted by atomic mass is 32.2. The Morgan fingerprint density at radius 3 is 2.43 bits per heavy atom. The summed E-state index contributed by atoms with van der Waals surface area (Å²) >= 11 is 0. The lowest BCUT2D eigenvalue weighted by Gasteiger charge is -2.23. The molecule has 0 aliphatic heterocycles. The molecule has 0 fully saturated rings. The third-order valence-corrected chi connectivity index (χ3v) is 4.73. The first-order chi connectivity index (χ1) is 9.70. The minimum Gasteiger partial charge on any atom is -0.396 e. The number of nitrogen functional groups attached to an aromatic ring is 1. The smallest absolute Gasteiger partial charge is 0.243 e. The second kappa shape index (κ2) is 6.86. The number of carbonyl (C=O) groups is 1. The van der Waals surface area contributed by atoms with Gasteiger partial charge in [-0.3, -0.25) is 4.79 Å². The van der Waals surface area contributed by atoms with Gasteiger partial charge in [0.2, 0.25) is 15.9 Å². The van der Waals surface area contributed by atoms with Gasteiger partial charge in [-0.1, -0.05) is 6.92 Å². The maximum atomic E-state index is 13.5. The molecule has 2 N–H and O–H groups in total. The van der Waals surface area contributed by atoms with Gasteiger partial charge in [0, 0.05) is 20.6 Å². The van der Waals surface area contributed by atoms with Crippen molar-refractivity contribution in [2.45, 2.75) is 18.2 Å². The van der Waals surface area contributed by atoms with Crippen molar-refractivity contribution in [1.82, 2.24) is 9.21 Å². The van der Waals surface area contributed by atoms with Gasteiger partial charge in [-0.2, -0.15) is 4.31 Å². The summed E-state index contributed by atoms with van der Waals surface area (Å²) in [5.41, 5.74) is 5.22. The van der Waals surface area contributed by atoms with E-state index in [0.717, 1.165) is 10.4 Å². The predicted octanol–water partition coefficient (Wildman–Crippen LogP) is 0.897. The van der Waals surface area contributed by atoms with Crippen molar-refractivity contribution in [2.75, 3.05) is 32.9 Å². The summed E-state index contributed by atoms with van der Waals surface area (Å²) in [6.45, 7) is 1.69. The Kier molecular flexibility index (Phi) is 5.68. The average molecular weight is 317 g/mol. The molecule has 0 aromatic heterocycles. The fourth-order valence-electron chi connectivity index (χ4n) is 1.64. The Morgan fingerprint density at radius 2 is 1.95 bits per heavy atom. The third-order valence-electron chi connectivity index (χ3n) is 2.89. The summed E-state index contributed by atoms with van der Waals surface area (Å²) < 4.78 is 39.5. The summed E-state index contributed by atoms with van der Waals surface area (Å²) in [6, 6.07) is 3.30. The first-order valence-electron chi connectivity index (χ1n) is 6.45. The number of amides is 1. The summed E-state index contributed by atoms with van der Waals surface area (Å²) in [7, 11) is -0.854. The summed E-state index contributed by atoms with van der Waals surface area (Å²) in [5.74, 6) is -1.14. The maximum Gasteiger partial charge on any atom is 0.243 e. The second-order valence-corrected chi connectivity index (χ2v) is 6.75. The number of anilines is 1. The lowest BCUT2D eigenvalue weighted by Crippen LogP contribution is -2.40. The van der Waals surface area contributed by atoms with Crippen molar-refractivity contribution in [3.05, 3.63) is 24.0 Å². The van der Waals surface area contributed by atoms with Crippen LogP contribution < -0.4 is 5.73 Å². The summed E-state index contributed by atoms with van der Waals surface area (Å²) in [5, 5.41) is 0. The lowest BCUT2D eigenvalue weighted by molar-refractivity contribution is -0.128. The van der Waals surface area contributed by atoms with Crippen LogP contribution in [0.1, 0.15) is 13.3 Å². The van der Waals surface area contributed by atoms with E-state index >= 15 is 0 Å². The van der Waals surface area contributed by atoms with Crippen LogP contribution in [0.4, 0.5) is 10.1 Å². The fourth-order valence-corrected chi connectivity index (χ4v) is 3.14. The number of likely N-dealkylation sites (N-methyl/N-ethyl adjacent to an activating group) is 1. The van der Waals surface area contributed by atoms with Crippen LogP contribution >= 0.6 is 0 Å². The predicted molar refractivity (Wildman–Crippen MR) is 78.6 cm³/mol. The van der Waals surface area contributed by atoms with Crippen molar-refractivity contribution >= 4 is 21.6 Å². The molecule has 0 heterocycles. The highest BCUT2D eigenvalue weighted by Crippen LogP contribution is 2.20. The molecule has 0 spiro atoms. The van der Waals surface area contributed by atoms with Gasteiger partial charge in [0.05, 0.1) is 17.1 Å². The first kappa shape index (κ1) is 17.4. The monoisotopic (exact) mass is 317 g/mol. The van der Waals surface area contributed by atoms with Crippen molar-refractivity contribution in [3.63, 3.8) is 0 Å². The highest BCUT2D eigenvalue weighted by Gasteiger charge is 2.27. The van der Waals surface area contributed by atoms with E-state index < -0.39 is 15.8 Å². The molecule has 0 saturated carbocycles. The van der Waals surface area contributed by atoms with Crippen LogP contribution in [-0.4, -0.2) is 50.7 Å². The molecule has 0 saturated heterocycles. The van der Waals surface area contributed by atoms with Crippen LogP contribution in [0.25, 0.3) is 0 Å². The first-order valence-corrected chi connectivity index (χ1v) is 7.89. The van der Waals surface area contributed by atoms with E-state index in [0.29, 0.717) is 6.42 Å². The quantitative estimate of drug-likeness (QED) is 0.790. The second-order valence-electron chi connectivity index (χ2n) is 4.81. The number of hydrogen-bond acceptors (Lipinski definition) is 4. The Balaban J connectivity index is 3.15. The van der Waals surface area contributed by atoms with E-state index in [1.165, 1.54) is 17.0 Å². The molecule has 8 heteroatoms. The van der Waals surface area contributed by atoms with Crippen molar-refractivity contribution < 1.29 is 17.6 Å². The number of benzene rings is 1. The van der Waals surface area contributed by atoms with Crippen LogP contribution in [0, 0.1) is 5.82 Å². The number of hydrogen-bond donors (Lipinski definition) is 1. The lowest BCUT2D eigenvalue weighted by atomic mass is 10.3. The number of nitrogens with zero attached hydrogens (tertiary/aromatic N) is 2. The minimum absolute atomic E-state index is 0.125. The molecule has 0 aliphatic carbocycles. The normalized spacial score (nSPS) is 11.7. The molecular weight excluding hydrogens is 297 g/mol. The van der Waals surface area contributed by atoms with Gasteiger partial charge in [-0.15, -0.1) is 0 Å². The largest absolute Gasteiger partial charge is 0.396 e. The van der Waals surface area contributed by atoms with E-state index in [-0.39, 0.29) is 29.6 Å². The highest BCUT2D eigenvalue weighted by molar-refractivity contribution is 7.89. The minimum atomic E-state index is -3.94. The Bertz CT molecular complexity index is 617. The van der Waals surface area contributed by atoms with E-state index in [1.54, 1.807) is 21.0 Å². The SMILES string of the molecule is CCCN(CC(=O)N(C)C)S(=O)(=O)c1ccc(N)c(F)c1. The van der Waals surface area contributed by atoms with Gasteiger partial charge < -0.3 is 10.6 Å². The van der Waals surface area contributed by atoms with Crippen LogP contribution in [0.2, 0.25) is 0 Å². The zero-order chi connectivity index (χ0) is 16.2. The van der Waals surface area contributed by atoms with Gasteiger partial charge in [0.25, 0.3) is 0 Å². The Hall–Kier alpha value is -1.67. The number of rotatable bonds is 6. The third kappa shape index (κ3) is 4.15. The zero-order valence-corrected chi connectivity index (χ0v) is 13.2. The molecule has 0 atom stereocenters. The molecule has 0 radical (unpaired) electrons. The van der Waals surface area contributed by atoms with Crippen LogP contribution in [0.5, 0.6) is 0 Å². The van der Waals surface area contributed by atoms with E-state index in [9.17, 15) is 17.6 Å². The van der Waals surface area contributed by atoms with Crippen molar-refractivity contribution in [1.29, 1.82) is 0 Å². The van der Waals surface area contributed by atoms with Crippen LogP contribution in [-0.2, 0) is 14.8 Å². The van der Waals surface area contributed by atoms with Crippen molar-refractivity contribution in [3.8, 4) is 0 Å². The van der Waals surface area contributed by atoms with Gasteiger partial charge >= 0.3 is 0 Å². The molecule has 1 aromatic rings. The molecule has 1 rings (SSSR count). The standard InChI is InChI=1S/C13H20FN3O3S/c1-4-7-17(9-13(18)16(2)3)21(19,20)10-5-6-12(15)11(14)8-10/h5-6,8H,4,7,9,15H2,1-3H3. The molecule has 6 nitrogen and oxygen atoms in total. The molecule has 0 aliphatic rings. The molecule has 21 heavy (non-hydrogen) atoms. The molecule has 0 unspecified atom stereocenters. The number of nitrogens with two attached hydrogens (primary N) is 1. The average Bonchev–Trinajstić information content (AvgIpc) is 2.40. The molecule has 1 amide bonds. The van der Waals surface area contributed by atoms with E-state index in [4.69, 9.17) is 5.73 Å². The van der Waals surface area contributed by atoms with Crippen LogP contribution in [0.3, 0.4) is 0 Å². The van der Waals surface area contributed by atoms with Crippen molar-refractivity contribution in [2.24, 2.45) is 0 Å². The molecule has 118 valence electrons. The van der Waals surface area contributed by atoms with E-state index in [1.807, 2.05) is 0 Å². The van der Waals surface area contributed by atoms with Gasteiger partial charge in [-0.25, -0.2) is 12.8 Å². The topological polar surface area (TPSA) is 83.7 Å². The Morgan fingerprint density at radius 1 is 1.33 bits per heavy atom. The molecular formula is C13H20FN3O3S. The van der Waals surface area contributed by atoms with Gasteiger partial charge in [0.15, 0.2) is 0 Å². The van der Waals surface area contributed by atoms with Crippen LogP contribution in [0.15, 0.2) is 23.1 Å². The Labute approximate surface area is 124 Å². The summed E-state index contributed by atoms with van der Waals surface area (Å²) in [6.07, 6.45) is 0.539. The number of halogens is 1. The fraction of sp³-hybridized carbons (Fsp3) is 0.462. The number of sulfonamides is 1. The molecule has 1 aromatic carbocycles. The van der Waals surface area contributed by atoms with Gasteiger partial charge in [-0.05, 0) is 24.6 Å². The summed E-state index contributed by atoms with van der Waals surface area (Å²) in [4.78, 5) is 12.8. The number of carbonyl (C=O) groups excluding carboxylic acids is 1. The van der Waals surface area contributed by atoms with Gasteiger partial charge in [0.1, 0.15) is 5.82 Å². The van der Waals surface area contributed by atoms with E-state index in [2.05, 4.69) is 0 Å².